The van der Waals surface area contributed by atoms with Crippen LogP contribution in [0.5, 0.6) is 0 Å². The smallest absolute Gasteiger partial charge is 0.0494 e. The van der Waals surface area contributed by atoms with E-state index in [9.17, 15) is 0 Å². The van der Waals surface area contributed by atoms with Gasteiger partial charge in [-0.1, -0.05) is 32.4 Å². The molecule has 86 valence electrons. The molecule has 2 nitrogen and oxygen atoms in total. The van der Waals surface area contributed by atoms with Gasteiger partial charge >= 0.3 is 0 Å². The summed E-state index contributed by atoms with van der Waals surface area (Å²) in [6.07, 6.45) is 9.45. The van der Waals surface area contributed by atoms with Crippen molar-refractivity contribution in [2.45, 2.75) is 51.6 Å². The lowest BCUT2D eigenvalue weighted by Crippen LogP contribution is -2.42. The van der Waals surface area contributed by atoms with Gasteiger partial charge in [0.2, 0.25) is 0 Å². The van der Waals surface area contributed by atoms with Crippen LogP contribution in [0.15, 0.2) is 12.2 Å². The molecule has 0 aromatic rings. The Morgan fingerprint density at radius 2 is 2.20 bits per heavy atom. The summed E-state index contributed by atoms with van der Waals surface area (Å²) >= 11 is 0. The minimum atomic E-state index is 0.294. The van der Waals surface area contributed by atoms with Crippen molar-refractivity contribution in [2.75, 3.05) is 6.61 Å². The minimum absolute atomic E-state index is 0.294. The second-order valence-electron chi connectivity index (χ2n) is 5.77. The van der Waals surface area contributed by atoms with E-state index >= 15 is 0 Å². The normalized spacial score (nSPS) is 38.7. The molecular weight excluding hydrogens is 186 g/mol. The van der Waals surface area contributed by atoms with Gasteiger partial charge in [0.15, 0.2) is 0 Å². The number of rotatable bonds is 3. The predicted octanol–water partition coefficient (Wildman–Crippen LogP) is 2.09. The molecule has 2 rings (SSSR count). The number of aliphatic hydroxyl groups excluding tert-OH is 1. The summed E-state index contributed by atoms with van der Waals surface area (Å²) in [4.78, 5) is 0. The number of hydrogen-bond donors (Lipinski definition) is 2. The van der Waals surface area contributed by atoms with Gasteiger partial charge in [-0.15, -0.1) is 0 Å². The zero-order chi connectivity index (χ0) is 10.9. The van der Waals surface area contributed by atoms with E-state index in [0.717, 1.165) is 6.42 Å². The summed E-state index contributed by atoms with van der Waals surface area (Å²) < 4.78 is 0. The van der Waals surface area contributed by atoms with E-state index in [4.69, 9.17) is 5.11 Å². The van der Waals surface area contributed by atoms with E-state index in [1.165, 1.54) is 19.3 Å². The van der Waals surface area contributed by atoms with E-state index in [-0.39, 0.29) is 0 Å². The van der Waals surface area contributed by atoms with Crippen LogP contribution in [0.3, 0.4) is 0 Å². The maximum atomic E-state index is 9.07. The highest BCUT2D eigenvalue weighted by molar-refractivity contribution is 5.07. The first-order chi connectivity index (χ1) is 7.12. The van der Waals surface area contributed by atoms with Gasteiger partial charge in [-0.3, -0.25) is 0 Å². The standard InChI is InChI=1S/C13H23NO/c1-13(2)7-3-4-12(13)14-11-6-5-10(8-11)9-15/h5-6,10-12,14-15H,3-4,7-9H2,1-2H3/t10-,11+,12?/m0/s1. The van der Waals surface area contributed by atoms with Crippen molar-refractivity contribution < 1.29 is 5.11 Å². The monoisotopic (exact) mass is 209 g/mol. The topological polar surface area (TPSA) is 32.3 Å². The molecule has 0 heterocycles. The fourth-order valence-corrected chi connectivity index (χ4v) is 2.93. The maximum Gasteiger partial charge on any atom is 0.0494 e. The summed E-state index contributed by atoms with van der Waals surface area (Å²) in [6, 6.07) is 1.15. The van der Waals surface area contributed by atoms with Gasteiger partial charge in [0.05, 0.1) is 0 Å². The lowest BCUT2D eigenvalue weighted by Gasteiger charge is -2.30. The van der Waals surface area contributed by atoms with Gasteiger partial charge in [0.1, 0.15) is 0 Å². The predicted molar refractivity (Wildman–Crippen MR) is 62.7 cm³/mol. The van der Waals surface area contributed by atoms with Crippen molar-refractivity contribution in [2.24, 2.45) is 11.3 Å². The van der Waals surface area contributed by atoms with E-state index < -0.39 is 0 Å². The molecule has 2 aliphatic carbocycles. The Morgan fingerprint density at radius 1 is 1.40 bits per heavy atom. The Balaban J connectivity index is 1.86. The van der Waals surface area contributed by atoms with Crippen LogP contribution in [-0.4, -0.2) is 23.8 Å². The molecule has 0 spiro atoms. The molecule has 0 aromatic carbocycles. The van der Waals surface area contributed by atoms with Crippen LogP contribution in [0.25, 0.3) is 0 Å². The molecule has 1 unspecified atom stereocenters. The molecule has 0 bridgehead atoms. The largest absolute Gasteiger partial charge is 0.396 e. The summed E-state index contributed by atoms with van der Waals surface area (Å²) in [6.45, 7) is 5.02. The summed E-state index contributed by atoms with van der Waals surface area (Å²) in [5.41, 5.74) is 0.450. The summed E-state index contributed by atoms with van der Waals surface area (Å²) in [5.74, 6) is 0.381. The van der Waals surface area contributed by atoms with E-state index in [1.807, 2.05) is 0 Å². The van der Waals surface area contributed by atoms with Gasteiger partial charge in [0.25, 0.3) is 0 Å². The fraction of sp³-hybridized carbons (Fsp3) is 0.846. The van der Waals surface area contributed by atoms with Gasteiger partial charge in [-0.05, 0) is 24.7 Å². The second-order valence-corrected chi connectivity index (χ2v) is 5.77. The van der Waals surface area contributed by atoms with Gasteiger partial charge in [-0.25, -0.2) is 0 Å². The van der Waals surface area contributed by atoms with E-state index in [0.29, 0.717) is 30.0 Å². The molecule has 1 saturated carbocycles. The maximum absolute atomic E-state index is 9.07. The molecule has 0 amide bonds. The molecule has 0 saturated heterocycles. The third kappa shape index (κ3) is 2.43. The lowest BCUT2D eigenvalue weighted by atomic mass is 9.87. The third-order valence-electron chi connectivity index (χ3n) is 4.08. The molecular formula is C13H23NO. The van der Waals surface area contributed by atoms with Crippen molar-refractivity contribution in [1.29, 1.82) is 0 Å². The quantitative estimate of drug-likeness (QED) is 0.698. The first-order valence-corrected chi connectivity index (χ1v) is 6.17. The third-order valence-corrected chi connectivity index (χ3v) is 4.08. The van der Waals surface area contributed by atoms with E-state index in [2.05, 4.69) is 31.3 Å². The van der Waals surface area contributed by atoms with Crippen LogP contribution in [0, 0.1) is 11.3 Å². The molecule has 0 aromatic heterocycles. The van der Waals surface area contributed by atoms with Gasteiger partial charge in [-0.2, -0.15) is 0 Å². The molecule has 0 radical (unpaired) electrons. The van der Waals surface area contributed by atoms with Crippen molar-refractivity contribution in [1.82, 2.24) is 5.32 Å². The second kappa shape index (κ2) is 4.26. The molecule has 2 N–H and O–H groups in total. The van der Waals surface area contributed by atoms with Crippen LogP contribution < -0.4 is 5.32 Å². The zero-order valence-corrected chi connectivity index (χ0v) is 9.87. The molecule has 3 atom stereocenters. The Bertz CT molecular complexity index is 247. The van der Waals surface area contributed by atoms with Crippen molar-refractivity contribution in [3.8, 4) is 0 Å². The first kappa shape index (κ1) is 11.2. The summed E-state index contributed by atoms with van der Waals surface area (Å²) in [5, 5.41) is 12.8. The lowest BCUT2D eigenvalue weighted by molar-refractivity contribution is 0.232. The van der Waals surface area contributed by atoms with Crippen LogP contribution in [0.1, 0.15) is 39.5 Å². The zero-order valence-electron chi connectivity index (χ0n) is 9.87. The highest BCUT2D eigenvalue weighted by Crippen LogP contribution is 2.38. The molecule has 2 heteroatoms. The van der Waals surface area contributed by atoms with Crippen molar-refractivity contribution in [3.05, 3.63) is 12.2 Å². The Kier molecular flexibility index (Phi) is 3.17. The van der Waals surface area contributed by atoms with E-state index in [1.54, 1.807) is 0 Å². The Hall–Kier alpha value is -0.340. The minimum Gasteiger partial charge on any atom is -0.396 e. The molecule has 15 heavy (non-hydrogen) atoms. The van der Waals surface area contributed by atoms with Crippen LogP contribution in [-0.2, 0) is 0 Å². The number of hydrogen-bond acceptors (Lipinski definition) is 2. The van der Waals surface area contributed by atoms with Crippen molar-refractivity contribution >= 4 is 0 Å². The Morgan fingerprint density at radius 3 is 2.73 bits per heavy atom. The highest BCUT2D eigenvalue weighted by Gasteiger charge is 2.35. The van der Waals surface area contributed by atoms with Crippen LogP contribution in [0.2, 0.25) is 0 Å². The molecule has 1 fully saturated rings. The SMILES string of the molecule is CC1(C)CCCC1N[C@@H]1C=C[C@H](CO)C1. The highest BCUT2D eigenvalue weighted by atomic mass is 16.3. The first-order valence-electron chi connectivity index (χ1n) is 6.17. The average Bonchev–Trinajstić information content (AvgIpc) is 2.75. The molecule has 0 aliphatic heterocycles. The fourth-order valence-electron chi connectivity index (χ4n) is 2.93. The van der Waals surface area contributed by atoms with Crippen LogP contribution in [0.4, 0.5) is 0 Å². The molecule has 2 aliphatic rings. The Labute approximate surface area is 92.8 Å². The van der Waals surface area contributed by atoms with Gasteiger partial charge in [0, 0.05) is 24.6 Å². The summed E-state index contributed by atoms with van der Waals surface area (Å²) in [7, 11) is 0. The number of aliphatic hydroxyl groups is 1. The van der Waals surface area contributed by atoms with Crippen molar-refractivity contribution in [3.63, 3.8) is 0 Å². The van der Waals surface area contributed by atoms with Gasteiger partial charge < -0.3 is 10.4 Å². The average molecular weight is 209 g/mol. The van der Waals surface area contributed by atoms with Crippen LogP contribution >= 0.6 is 0 Å². The number of nitrogens with one attached hydrogen (secondary N) is 1.